The Balaban J connectivity index is 1.84. The summed E-state index contributed by atoms with van der Waals surface area (Å²) in [7, 11) is 0. The largest absolute Gasteiger partial charge is 0.486 e. The Labute approximate surface area is 114 Å². The summed E-state index contributed by atoms with van der Waals surface area (Å²) < 4.78 is 10.9. The molecule has 0 amide bonds. The van der Waals surface area contributed by atoms with E-state index in [1.807, 2.05) is 0 Å². The maximum absolute atomic E-state index is 10.8. The number of anilines is 2. The first-order chi connectivity index (χ1) is 9.72. The number of benzene rings is 1. The molecule has 0 aliphatic carbocycles. The molecular formula is C13H11N3O4. The van der Waals surface area contributed by atoms with Gasteiger partial charge in [-0.2, -0.15) is 0 Å². The molecule has 0 spiro atoms. The van der Waals surface area contributed by atoms with E-state index >= 15 is 0 Å². The Morgan fingerprint density at radius 1 is 1.20 bits per heavy atom. The van der Waals surface area contributed by atoms with E-state index in [0.29, 0.717) is 30.4 Å². The molecule has 0 bridgehead atoms. The van der Waals surface area contributed by atoms with Gasteiger partial charge in [-0.3, -0.25) is 0 Å². The average Bonchev–Trinajstić information content (AvgIpc) is 2.47. The average molecular weight is 273 g/mol. The van der Waals surface area contributed by atoms with Crippen molar-refractivity contribution in [2.24, 2.45) is 0 Å². The SMILES string of the molecule is O=C(O)c1ccnc(Nc2ccc3c(c2)OCCO3)n1. The highest BCUT2D eigenvalue weighted by Crippen LogP contribution is 2.33. The summed E-state index contributed by atoms with van der Waals surface area (Å²) in [6, 6.07) is 6.64. The lowest BCUT2D eigenvalue weighted by atomic mass is 10.2. The topological polar surface area (TPSA) is 93.6 Å². The minimum atomic E-state index is -1.10. The first-order valence-electron chi connectivity index (χ1n) is 5.95. The Hall–Kier alpha value is -2.83. The number of nitrogens with one attached hydrogen (secondary N) is 1. The van der Waals surface area contributed by atoms with Crippen LogP contribution >= 0.6 is 0 Å². The molecule has 7 heteroatoms. The lowest BCUT2D eigenvalue weighted by molar-refractivity contribution is 0.0690. The number of carboxylic acid groups (broad SMARTS) is 1. The molecule has 1 aromatic carbocycles. The zero-order valence-electron chi connectivity index (χ0n) is 10.4. The van der Waals surface area contributed by atoms with Crippen molar-refractivity contribution in [2.75, 3.05) is 18.5 Å². The maximum atomic E-state index is 10.8. The molecule has 1 aliphatic heterocycles. The fourth-order valence-electron chi connectivity index (χ4n) is 1.79. The van der Waals surface area contributed by atoms with Crippen molar-refractivity contribution in [1.29, 1.82) is 0 Å². The first kappa shape index (κ1) is 12.2. The van der Waals surface area contributed by atoms with Crippen LogP contribution in [-0.4, -0.2) is 34.3 Å². The van der Waals surface area contributed by atoms with Crippen LogP contribution in [0.5, 0.6) is 11.5 Å². The van der Waals surface area contributed by atoms with E-state index < -0.39 is 5.97 Å². The lowest BCUT2D eigenvalue weighted by Gasteiger charge is -2.18. The summed E-state index contributed by atoms with van der Waals surface area (Å²) in [6.45, 7) is 1.03. The number of nitrogens with zero attached hydrogens (tertiary/aromatic N) is 2. The molecule has 20 heavy (non-hydrogen) atoms. The lowest BCUT2D eigenvalue weighted by Crippen LogP contribution is -2.15. The van der Waals surface area contributed by atoms with E-state index in [2.05, 4.69) is 15.3 Å². The molecule has 1 aromatic heterocycles. The van der Waals surface area contributed by atoms with Crippen LogP contribution in [0.1, 0.15) is 10.5 Å². The highest BCUT2D eigenvalue weighted by molar-refractivity contribution is 5.85. The van der Waals surface area contributed by atoms with E-state index in [-0.39, 0.29) is 11.6 Å². The normalized spacial score (nSPS) is 12.8. The fourth-order valence-corrected chi connectivity index (χ4v) is 1.79. The van der Waals surface area contributed by atoms with E-state index in [1.165, 1.54) is 12.3 Å². The number of hydrogen-bond donors (Lipinski definition) is 2. The van der Waals surface area contributed by atoms with E-state index in [4.69, 9.17) is 14.6 Å². The van der Waals surface area contributed by atoms with Crippen molar-refractivity contribution in [3.05, 3.63) is 36.2 Å². The summed E-state index contributed by atoms with van der Waals surface area (Å²) in [5.74, 6) is 0.428. The quantitative estimate of drug-likeness (QED) is 0.878. The third-order valence-corrected chi connectivity index (χ3v) is 2.67. The van der Waals surface area contributed by atoms with Gasteiger partial charge >= 0.3 is 5.97 Å². The minimum absolute atomic E-state index is 0.0694. The predicted molar refractivity (Wildman–Crippen MR) is 69.7 cm³/mol. The molecule has 0 fully saturated rings. The molecule has 2 N–H and O–H groups in total. The van der Waals surface area contributed by atoms with Crippen LogP contribution in [0.4, 0.5) is 11.6 Å². The van der Waals surface area contributed by atoms with Crippen LogP contribution in [0, 0.1) is 0 Å². The number of aromatic carboxylic acids is 1. The van der Waals surface area contributed by atoms with Gasteiger partial charge in [-0.1, -0.05) is 0 Å². The van der Waals surface area contributed by atoms with Gasteiger partial charge in [-0.25, -0.2) is 14.8 Å². The Bertz CT molecular complexity index is 660. The van der Waals surface area contributed by atoms with Gasteiger partial charge in [0.15, 0.2) is 17.2 Å². The van der Waals surface area contributed by atoms with Gasteiger partial charge in [-0.05, 0) is 18.2 Å². The van der Waals surface area contributed by atoms with Crippen molar-refractivity contribution in [2.45, 2.75) is 0 Å². The first-order valence-corrected chi connectivity index (χ1v) is 5.95. The van der Waals surface area contributed by atoms with E-state index in [0.717, 1.165) is 0 Å². The van der Waals surface area contributed by atoms with Crippen molar-refractivity contribution in [3.8, 4) is 11.5 Å². The van der Waals surface area contributed by atoms with Gasteiger partial charge in [0.25, 0.3) is 0 Å². The van der Waals surface area contributed by atoms with Crippen LogP contribution in [0.3, 0.4) is 0 Å². The number of fused-ring (bicyclic) bond motifs is 1. The van der Waals surface area contributed by atoms with Crippen LogP contribution < -0.4 is 14.8 Å². The fraction of sp³-hybridized carbons (Fsp3) is 0.154. The van der Waals surface area contributed by atoms with Crippen molar-refractivity contribution < 1.29 is 19.4 Å². The number of hydrogen-bond acceptors (Lipinski definition) is 6. The standard InChI is InChI=1S/C13H11N3O4/c17-12(18)9-3-4-14-13(16-9)15-8-1-2-10-11(7-8)20-6-5-19-10/h1-4,7H,5-6H2,(H,17,18)(H,14,15,16). The molecule has 1 aliphatic rings. The number of rotatable bonds is 3. The number of ether oxygens (including phenoxy) is 2. The molecule has 0 saturated heterocycles. The minimum Gasteiger partial charge on any atom is -0.486 e. The summed E-state index contributed by atoms with van der Waals surface area (Å²) in [6.07, 6.45) is 1.39. The van der Waals surface area contributed by atoms with Crippen molar-refractivity contribution in [1.82, 2.24) is 9.97 Å². The summed E-state index contributed by atoms with van der Waals surface area (Å²) in [5, 5.41) is 11.8. The zero-order chi connectivity index (χ0) is 13.9. The molecule has 0 unspecified atom stereocenters. The molecule has 7 nitrogen and oxygen atoms in total. The number of carbonyl (C=O) groups is 1. The summed E-state index contributed by atoms with van der Waals surface area (Å²) in [4.78, 5) is 18.7. The van der Waals surface area contributed by atoms with Gasteiger partial charge in [0.1, 0.15) is 13.2 Å². The Morgan fingerprint density at radius 3 is 2.80 bits per heavy atom. The summed E-state index contributed by atoms with van der Waals surface area (Å²) >= 11 is 0. The van der Waals surface area contributed by atoms with Crippen LogP contribution in [-0.2, 0) is 0 Å². The Morgan fingerprint density at radius 2 is 2.00 bits per heavy atom. The molecule has 0 saturated carbocycles. The number of carboxylic acids is 1. The van der Waals surface area contributed by atoms with Crippen LogP contribution in [0.25, 0.3) is 0 Å². The highest BCUT2D eigenvalue weighted by Gasteiger charge is 2.12. The van der Waals surface area contributed by atoms with Gasteiger partial charge in [0.05, 0.1) is 0 Å². The smallest absolute Gasteiger partial charge is 0.354 e. The molecule has 3 rings (SSSR count). The second-order valence-electron chi connectivity index (χ2n) is 4.05. The monoisotopic (exact) mass is 273 g/mol. The third kappa shape index (κ3) is 2.46. The van der Waals surface area contributed by atoms with Gasteiger partial charge in [0.2, 0.25) is 5.95 Å². The summed E-state index contributed by atoms with van der Waals surface area (Å²) in [5.41, 5.74) is 0.622. The molecule has 0 radical (unpaired) electrons. The molecule has 2 aromatic rings. The molecule has 2 heterocycles. The van der Waals surface area contributed by atoms with E-state index in [1.54, 1.807) is 18.2 Å². The van der Waals surface area contributed by atoms with Crippen LogP contribution in [0.15, 0.2) is 30.5 Å². The van der Waals surface area contributed by atoms with Crippen molar-refractivity contribution in [3.63, 3.8) is 0 Å². The molecular weight excluding hydrogens is 262 g/mol. The third-order valence-electron chi connectivity index (χ3n) is 2.67. The van der Waals surface area contributed by atoms with Gasteiger partial charge in [-0.15, -0.1) is 0 Å². The second-order valence-corrected chi connectivity index (χ2v) is 4.05. The van der Waals surface area contributed by atoms with Gasteiger partial charge < -0.3 is 19.9 Å². The van der Waals surface area contributed by atoms with Crippen LogP contribution in [0.2, 0.25) is 0 Å². The molecule has 0 atom stereocenters. The zero-order valence-corrected chi connectivity index (χ0v) is 10.4. The predicted octanol–water partition coefficient (Wildman–Crippen LogP) is 1.69. The van der Waals surface area contributed by atoms with Gasteiger partial charge in [0, 0.05) is 18.0 Å². The van der Waals surface area contributed by atoms with E-state index in [9.17, 15) is 4.79 Å². The number of aromatic nitrogens is 2. The highest BCUT2D eigenvalue weighted by atomic mass is 16.6. The second kappa shape index (κ2) is 5.04. The maximum Gasteiger partial charge on any atom is 0.354 e. The Kier molecular flexibility index (Phi) is 3.08. The van der Waals surface area contributed by atoms with Crippen molar-refractivity contribution >= 4 is 17.6 Å². The molecule has 102 valence electrons.